The number of carboxylic acids is 1. The molecule has 6 nitrogen and oxygen atoms in total. The maximum absolute atomic E-state index is 12.1. The van der Waals surface area contributed by atoms with E-state index in [1.165, 1.54) is 10.4 Å². The second-order valence-electron chi connectivity index (χ2n) is 5.45. The molecular formula is C14H18N2O4S. The quantitative estimate of drug-likeness (QED) is 0.790. The van der Waals surface area contributed by atoms with Crippen molar-refractivity contribution in [1.29, 1.82) is 0 Å². The Balaban J connectivity index is 1.59. The monoisotopic (exact) mass is 310 g/mol. The van der Waals surface area contributed by atoms with Gasteiger partial charge in [0.25, 0.3) is 0 Å². The molecule has 1 saturated heterocycles. The molecule has 0 aromatic carbocycles. The lowest BCUT2D eigenvalue weighted by Crippen LogP contribution is -2.48. The maximum atomic E-state index is 12.1. The molecule has 7 heteroatoms. The van der Waals surface area contributed by atoms with E-state index in [-0.39, 0.29) is 25.3 Å². The van der Waals surface area contributed by atoms with E-state index in [9.17, 15) is 9.59 Å². The zero-order chi connectivity index (χ0) is 14.8. The van der Waals surface area contributed by atoms with Crippen LogP contribution in [-0.2, 0) is 16.0 Å². The number of urea groups is 1. The zero-order valence-electron chi connectivity index (χ0n) is 11.5. The highest BCUT2D eigenvalue weighted by molar-refractivity contribution is 7.10. The summed E-state index contributed by atoms with van der Waals surface area (Å²) in [6, 6.07) is 1.29. The Morgan fingerprint density at radius 2 is 2.19 bits per heavy atom. The third-order valence-corrected chi connectivity index (χ3v) is 5.07. The summed E-state index contributed by atoms with van der Waals surface area (Å²) in [6.45, 7) is 0.400. The van der Waals surface area contributed by atoms with Crippen LogP contribution in [0.25, 0.3) is 0 Å². The first kappa shape index (κ1) is 14.3. The van der Waals surface area contributed by atoms with Crippen molar-refractivity contribution in [2.45, 2.75) is 31.3 Å². The van der Waals surface area contributed by atoms with Crippen molar-refractivity contribution >= 4 is 23.3 Å². The lowest BCUT2D eigenvalue weighted by Gasteiger charge is -2.25. The van der Waals surface area contributed by atoms with Crippen molar-refractivity contribution in [2.24, 2.45) is 5.92 Å². The molecule has 3 rings (SSSR count). The van der Waals surface area contributed by atoms with Crippen LogP contribution in [0.3, 0.4) is 0 Å². The zero-order valence-corrected chi connectivity index (χ0v) is 12.3. The lowest BCUT2D eigenvalue weighted by molar-refractivity contribution is -0.142. The van der Waals surface area contributed by atoms with Crippen molar-refractivity contribution < 1.29 is 19.4 Å². The SMILES string of the molecule is O=C(NC1CCCc2sccc21)NC1COCC1C(=O)O. The van der Waals surface area contributed by atoms with Gasteiger partial charge in [0.05, 0.1) is 25.3 Å². The molecule has 21 heavy (non-hydrogen) atoms. The maximum Gasteiger partial charge on any atom is 0.315 e. The number of ether oxygens (including phenoxy) is 1. The largest absolute Gasteiger partial charge is 0.481 e. The summed E-state index contributed by atoms with van der Waals surface area (Å²) in [5.41, 5.74) is 1.19. The van der Waals surface area contributed by atoms with Crippen LogP contribution < -0.4 is 10.6 Å². The van der Waals surface area contributed by atoms with Crippen LogP contribution in [0.2, 0.25) is 0 Å². The number of aryl methyl sites for hydroxylation is 1. The fraction of sp³-hybridized carbons (Fsp3) is 0.571. The van der Waals surface area contributed by atoms with Gasteiger partial charge >= 0.3 is 12.0 Å². The third kappa shape index (κ3) is 3.03. The minimum atomic E-state index is -0.935. The fourth-order valence-corrected chi connectivity index (χ4v) is 3.93. The van der Waals surface area contributed by atoms with Gasteiger partial charge in [-0.15, -0.1) is 11.3 Å². The second kappa shape index (κ2) is 6.03. The average molecular weight is 310 g/mol. The summed E-state index contributed by atoms with van der Waals surface area (Å²) in [5, 5.41) is 16.8. The Morgan fingerprint density at radius 3 is 3.00 bits per heavy atom. The van der Waals surface area contributed by atoms with Gasteiger partial charge in [-0.2, -0.15) is 0 Å². The number of hydrogen-bond acceptors (Lipinski definition) is 4. The Hall–Kier alpha value is -1.60. The smallest absolute Gasteiger partial charge is 0.315 e. The topological polar surface area (TPSA) is 87.7 Å². The van der Waals surface area contributed by atoms with E-state index in [0.29, 0.717) is 0 Å². The third-order valence-electron chi connectivity index (χ3n) is 4.07. The number of rotatable bonds is 3. The summed E-state index contributed by atoms with van der Waals surface area (Å²) in [6.07, 6.45) is 3.05. The molecule has 1 aliphatic heterocycles. The van der Waals surface area contributed by atoms with Gasteiger partial charge in [0.1, 0.15) is 5.92 Å². The molecule has 3 atom stereocenters. The van der Waals surface area contributed by atoms with E-state index in [1.807, 2.05) is 5.38 Å². The molecule has 2 aliphatic rings. The number of hydrogen-bond donors (Lipinski definition) is 3. The average Bonchev–Trinajstić information content (AvgIpc) is 3.07. The molecule has 114 valence electrons. The molecule has 3 unspecified atom stereocenters. The number of carbonyl (C=O) groups is 2. The van der Waals surface area contributed by atoms with Crippen LogP contribution in [0.4, 0.5) is 4.79 Å². The minimum absolute atomic E-state index is 0.0191. The highest BCUT2D eigenvalue weighted by Crippen LogP contribution is 2.33. The molecular weight excluding hydrogens is 292 g/mol. The molecule has 2 amide bonds. The fourth-order valence-electron chi connectivity index (χ4n) is 2.94. The van der Waals surface area contributed by atoms with Crippen molar-refractivity contribution in [3.63, 3.8) is 0 Å². The molecule has 1 aliphatic carbocycles. The van der Waals surface area contributed by atoms with Crippen LogP contribution >= 0.6 is 11.3 Å². The second-order valence-corrected chi connectivity index (χ2v) is 6.45. The first-order valence-corrected chi connectivity index (χ1v) is 7.97. The van der Waals surface area contributed by atoms with E-state index < -0.39 is 17.9 Å². The van der Waals surface area contributed by atoms with Gasteiger partial charge in [-0.25, -0.2) is 4.79 Å². The number of nitrogens with one attached hydrogen (secondary N) is 2. The number of thiophene rings is 1. The number of carbonyl (C=O) groups excluding carboxylic acids is 1. The summed E-state index contributed by atoms with van der Waals surface area (Å²) in [4.78, 5) is 24.5. The molecule has 0 saturated carbocycles. The molecule has 0 spiro atoms. The number of carboxylic acid groups (broad SMARTS) is 1. The van der Waals surface area contributed by atoms with Gasteiger partial charge in [0, 0.05) is 4.88 Å². The normalized spacial score (nSPS) is 27.9. The van der Waals surface area contributed by atoms with Crippen LogP contribution in [0.15, 0.2) is 11.4 Å². The molecule has 0 bridgehead atoms. The highest BCUT2D eigenvalue weighted by Gasteiger charge is 2.35. The van der Waals surface area contributed by atoms with Crippen molar-refractivity contribution in [3.8, 4) is 0 Å². The van der Waals surface area contributed by atoms with Gasteiger partial charge in [-0.1, -0.05) is 0 Å². The van der Waals surface area contributed by atoms with Crippen LogP contribution in [0, 0.1) is 5.92 Å². The Kier molecular flexibility index (Phi) is 4.12. The first-order chi connectivity index (χ1) is 10.1. The van der Waals surface area contributed by atoms with Gasteiger partial charge in [0.2, 0.25) is 0 Å². The van der Waals surface area contributed by atoms with E-state index >= 15 is 0 Å². The van der Waals surface area contributed by atoms with E-state index in [1.54, 1.807) is 11.3 Å². The Bertz CT molecular complexity index is 545. The summed E-state index contributed by atoms with van der Waals surface area (Å²) in [5.74, 6) is -1.60. The van der Waals surface area contributed by atoms with Gasteiger partial charge in [-0.3, -0.25) is 4.79 Å². The van der Waals surface area contributed by atoms with Gasteiger partial charge < -0.3 is 20.5 Å². The van der Waals surface area contributed by atoms with E-state index in [0.717, 1.165) is 19.3 Å². The number of fused-ring (bicyclic) bond motifs is 1. The standard InChI is InChI=1S/C14H18N2O4S/c17-13(18)9-6-20-7-11(9)16-14(19)15-10-2-1-3-12-8(10)4-5-21-12/h4-5,9-11H,1-3,6-7H2,(H,17,18)(H2,15,16,19). The van der Waals surface area contributed by atoms with Crippen molar-refractivity contribution in [1.82, 2.24) is 10.6 Å². The molecule has 1 fully saturated rings. The van der Waals surface area contributed by atoms with Gasteiger partial charge in [-0.05, 0) is 36.3 Å². The Labute approximate surface area is 126 Å². The minimum Gasteiger partial charge on any atom is -0.481 e. The number of aliphatic carboxylic acids is 1. The summed E-state index contributed by atoms with van der Waals surface area (Å²) >= 11 is 1.72. The highest BCUT2D eigenvalue weighted by atomic mass is 32.1. The molecule has 0 radical (unpaired) electrons. The van der Waals surface area contributed by atoms with E-state index in [4.69, 9.17) is 9.84 Å². The summed E-state index contributed by atoms with van der Waals surface area (Å²) in [7, 11) is 0. The van der Waals surface area contributed by atoms with Gasteiger partial charge in [0.15, 0.2) is 0 Å². The molecule has 3 N–H and O–H groups in total. The molecule has 2 heterocycles. The van der Waals surface area contributed by atoms with Crippen molar-refractivity contribution in [3.05, 3.63) is 21.9 Å². The van der Waals surface area contributed by atoms with Crippen LogP contribution in [0.5, 0.6) is 0 Å². The molecule has 1 aromatic heterocycles. The van der Waals surface area contributed by atoms with Crippen LogP contribution in [-0.4, -0.2) is 36.4 Å². The van der Waals surface area contributed by atoms with E-state index in [2.05, 4.69) is 16.7 Å². The van der Waals surface area contributed by atoms with Crippen LogP contribution in [0.1, 0.15) is 29.3 Å². The molecule has 1 aromatic rings. The Morgan fingerprint density at radius 1 is 1.33 bits per heavy atom. The predicted octanol–water partition coefficient (Wildman–Crippen LogP) is 1.52. The van der Waals surface area contributed by atoms with Crippen molar-refractivity contribution in [2.75, 3.05) is 13.2 Å². The number of amides is 2. The summed E-state index contributed by atoms with van der Waals surface area (Å²) < 4.78 is 5.14. The predicted molar refractivity (Wildman–Crippen MR) is 77.4 cm³/mol. The lowest BCUT2D eigenvalue weighted by atomic mass is 9.94. The first-order valence-electron chi connectivity index (χ1n) is 7.09.